The van der Waals surface area contributed by atoms with Gasteiger partial charge in [0, 0.05) is 38.4 Å². The maximum absolute atomic E-state index is 13.8. The van der Waals surface area contributed by atoms with E-state index < -0.39 is 0 Å². The number of hydrogen-bond acceptors (Lipinski definition) is 3. The van der Waals surface area contributed by atoms with E-state index in [1.165, 1.54) is 17.3 Å². The van der Waals surface area contributed by atoms with Crippen LogP contribution in [0.3, 0.4) is 0 Å². The molecule has 0 amide bonds. The van der Waals surface area contributed by atoms with Crippen molar-refractivity contribution in [3.05, 3.63) is 59.7 Å². The SMILES string of the molecule is Fc1cnccc1N1CCN(C2Cc3ccccc3C2)CC1. The van der Waals surface area contributed by atoms with E-state index in [0.717, 1.165) is 39.0 Å². The molecule has 114 valence electrons. The van der Waals surface area contributed by atoms with E-state index in [1.54, 1.807) is 12.3 Å². The van der Waals surface area contributed by atoms with Crippen LogP contribution in [0.15, 0.2) is 42.7 Å². The standard InChI is InChI=1S/C18H20FN3/c19-17-13-20-6-5-18(17)22-9-7-21(8-10-22)16-11-14-3-1-2-4-15(14)12-16/h1-6,13,16H,7-12H2. The molecule has 0 bridgehead atoms. The topological polar surface area (TPSA) is 19.4 Å². The smallest absolute Gasteiger partial charge is 0.164 e. The predicted molar refractivity (Wildman–Crippen MR) is 85.6 cm³/mol. The lowest BCUT2D eigenvalue weighted by molar-refractivity contribution is 0.190. The van der Waals surface area contributed by atoms with Crippen LogP contribution in [0.25, 0.3) is 0 Å². The molecule has 1 saturated heterocycles. The summed E-state index contributed by atoms with van der Waals surface area (Å²) in [6.45, 7) is 3.77. The molecule has 1 aliphatic heterocycles. The van der Waals surface area contributed by atoms with Crippen LogP contribution in [0.5, 0.6) is 0 Å². The van der Waals surface area contributed by atoms with Crippen LogP contribution < -0.4 is 4.90 Å². The number of hydrogen-bond donors (Lipinski definition) is 0. The minimum Gasteiger partial charge on any atom is -0.367 e. The highest BCUT2D eigenvalue weighted by molar-refractivity contribution is 5.46. The van der Waals surface area contributed by atoms with Gasteiger partial charge < -0.3 is 4.90 Å². The number of fused-ring (bicyclic) bond motifs is 1. The van der Waals surface area contributed by atoms with Gasteiger partial charge in [-0.2, -0.15) is 0 Å². The highest BCUT2D eigenvalue weighted by Crippen LogP contribution is 2.27. The Morgan fingerprint density at radius 3 is 2.27 bits per heavy atom. The van der Waals surface area contributed by atoms with Gasteiger partial charge in [0.25, 0.3) is 0 Å². The van der Waals surface area contributed by atoms with Crippen molar-refractivity contribution in [1.82, 2.24) is 9.88 Å². The first-order chi connectivity index (χ1) is 10.8. The third-order valence-electron chi connectivity index (χ3n) is 4.95. The van der Waals surface area contributed by atoms with Crippen LogP contribution in [0, 0.1) is 5.82 Å². The number of benzene rings is 1. The fourth-order valence-electron chi connectivity index (χ4n) is 3.75. The Morgan fingerprint density at radius 1 is 0.955 bits per heavy atom. The lowest BCUT2D eigenvalue weighted by Gasteiger charge is -2.39. The van der Waals surface area contributed by atoms with Crippen molar-refractivity contribution in [2.45, 2.75) is 18.9 Å². The molecule has 0 saturated carbocycles. The normalized spacial score (nSPS) is 19.4. The van der Waals surface area contributed by atoms with Crippen LogP contribution in [0.4, 0.5) is 10.1 Å². The molecule has 1 aliphatic carbocycles. The first kappa shape index (κ1) is 13.7. The van der Waals surface area contributed by atoms with E-state index in [0.29, 0.717) is 11.7 Å². The number of aromatic nitrogens is 1. The van der Waals surface area contributed by atoms with Crippen LogP contribution in [-0.2, 0) is 12.8 Å². The van der Waals surface area contributed by atoms with Crippen molar-refractivity contribution < 1.29 is 4.39 Å². The molecule has 4 rings (SSSR count). The molecule has 1 aromatic heterocycles. The molecular weight excluding hydrogens is 277 g/mol. The van der Waals surface area contributed by atoms with Gasteiger partial charge in [-0.1, -0.05) is 24.3 Å². The van der Waals surface area contributed by atoms with Crippen molar-refractivity contribution >= 4 is 5.69 Å². The van der Waals surface area contributed by atoms with Crippen molar-refractivity contribution in [3.63, 3.8) is 0 Å². The average Bonchev–Trinajstić information content (AvgIpc) is 2.99. The average molecular weight is 297 g/mol. The maximum atomic E-state index is 13.8. The lowest BCUT2D eigenvalue weighted by Crippen LogP contribution is -2.51. The zero-order chi connectivity index (χ0) is 14.9. The molecule has 4 heteroatoms. The molecule has 0 atom stereocenters. The van der Waals surface area contributed by atoms with E-state index in [1.807, 2.05) is 0 Å². The number of nitrogens with zero attached hydrogens (tertiary/aromatic N) is 3. The zero-order valence-electron chi connectivity index (χ0n) is 12.6. The highest BCUT2D eigenvalue weighted by Gasteiger charge is 2.29. The fourth-order valence-corrected chi connectivity index (χ4v) is 3.75. The van der Waals surface area contributed by atoms with Crippen LogP contribution in [0.1, 0.15) is 11.1 Å². The molecule has 1 aromatic carbocycles. The Morgan fingerprint density at radius 2 is 1.64 bits per heavy atom. The lowest BCUT2D eigenvalue weighted by atomic mass is 10.1. The minimum atomic E-state index is -0.218. The van der Waals surface area contributed by atoms with Gasteiger partial charge in [-0.3, -0.25) is 9.88 Å². The second-order valence-corrected chi connectivity index (χ2v) is 6.18. The van der Waals surface area contributed by atoms with E-state index >= 15 is 0 Å². The second-order valence-electron chi connectivity index (χ2n) is 6.18. The quantitative estimate of drug-likeness (QED) is 0.849. The van der Waals surface area contributed by atoms with E-state index in [2.05, 4.69) is 39.0 Å². The van der Waals surface area contributed by atoms with Gasteiger partial charge in [0.2, 0.25) is 0 Å². The van der Waals surface area contributed by atoms with E-state index in [-0.39, 0.29) is 5.82 Å². The molecule has 1 fully saturated rings. The summed E-state index contributed by atoms with van der Waals surface area (Å²) in [6, 6.07) is 11.1. The van der Waals surface area contributed by atoms with Crippen molar-refractivity contribution in [2.75, 3.05) is 31.1 Å². The molecule has 2 heterocycles. The van der Waals surface area contributed by atoms with Crippen LogP contribution >= 0.6 is 0 Å². The van der Waals surface area contributed by atoms with E-state index in [4.69, 9.17) is 0 Å². The summed E-state index contributed by atoms with van der Waals surface area (Å²) in [6.07, 6.45) is 5.27. The van der Waals surface area contributed by atoms with Gasteiger partial charge >= 0.3 is 0 Å². The monoisotopic (exact) mass is 297 g/mol. The summed E-state index contributed by atoms with van der Waals surface area (Å²) in [5.74, 6) is -0.218. The molecule has 0 unspecified atom stereocenters. The maximum Gasteiger partial charge on any atom is 0.164 e. The Labute approximate surface area is 130 Å². The molecule has 22 heavy (non-hydrogen) atoms. The summed E-state index contributed by atoms with van der Waals surface area (Å²) >= 11 is 0. The second kappa shape index (κ2) is 5.69. The van der Waals surface area contributed by atoms with Gasteiger partial charge in [-0.25, -0.2) is 4.39 Å². The molecule has 2 aliphatic rings. The Hall–Kier alpha value is -1.94. The van der Waals surface area contributed by atoms with Gasteiger partial charge in [0.15, 0.2) is 5.82 Å². The molecule has 0 N–H and O–H groups in total. The first-order valence-corrected chi connectivity index (χ1v) is 7.96. The third-order valence-corrected chi connectivity index (χ3v) is 4.95. The van der Waals surface area contributed by atoms with Crippen molar-refractivity contribution in [1.29, 1.82) is 0 Å². The summed E-state index contributed by atoms with van der Waals surface area (Å²) in [5.41, 5.74) is 3.68. The van der Waals surface area contributed by atoms with Crippen LogP contribution in [-0.4, -0.2) is 42.1 Å². The van der Waals surface area contributed by atoms with E-state index in [9.17, 15) is 4.39 Å². The molecule has 0 spiro atoms. The van der Waals surface area contributed by atoms with Gasteiger partial charge in [-0.15, -0.1) is 0 Å². The summed E-state index contributed by atoms with van der Waals surface area (Å²) < 4.78 is 13.8. The number of anilines is 1. The highest BCUT2D eigenvalue weighted by atomic mass is 19.1. The first-order valence-electron chi connectivity index (χ1n) is 7.96. The minimum absolute atomic E-state index is 0.218. The predicted octanol–water partition coefficient (Wildman–Crippen LogP) is 2.51. The fraction of sp³-hybridized carbons (Fsp3) is 0.389. The number of halogens is 1. The Balaban J connectivity index is 1.40. The van der Waals surface area contributed by atoms with Crippen molar-refractivity contribution in [2.24, 2.45) is 0 Å². The molecule has 2 aromatic rings. The van der Waals surface area contributed by atoms with Gasteiger partial charge in [0.05, 0.1) is 11.9 Å². The van der Waals surface area contributed by atoms with Crippen LogP contribution in [0.2, 0.25) is 0 Å². The molecule has 0 radical (unpaired) electrons. The number of rotatable bonds is 2. The zero-order valence-corrected chi connectivity index (χ0v) is 12.6. The van der Waals surface area contributed by atoms with Gasteiger partial charge in [-0.05, 0) is 30.0 Å². The summed E-state index contributed by atoms with van der Waals surface area (Å²) in [4.78, 5) is 8.53. The molecular formula is C18H20FN3. The van der Waals surface area contributed by atoms with Gasteiger partial charge in [0.1, 0.15) is 0 Å². The van der Waals surface area contributed by atoms with Crippen molar-refractivity contribution in [3.8, 4) is 0 Å². The summed E-state index contributed by atoms with van der Waals surface area (Å²) in [5, 5.41) is 0. The number of piperazine rings is 1. The Kier molecular flexibility index (Phi) is 3.54. The largest absolute Gasteiger partial charge is 0.367 e. The number of pyridine rings is 1. The summed E-state index contributed by atoms with van der Waals surface area (Å²) in [7, 11) is 0. The third kappa shape index (κ3) is 2.48. The Bertz CT molecular complexity index is 640. The molecule has 3 nitrogen and oxygen atoms in total.